The average Bonchev–Trinajstić information content (AvgIpc) is 2.41. The van der Waals surface area contributed by atoms with Crippen molar-refractivity contribution in [1.29, 1.82) is 0 Å². The van der Waals surface area contributed by atoms with Gasteiger partial charge >= 0.3 is 5.69 Å². The Morgan fingerprint density at radius 3 is 2.46 bits per heavy atom. The minimum Gasteiger partial charge on any atom is -0.326 e. The third-order valence-electron chi connectivity index (χ3n) is 3.04. The van der Waals surface area contributed by atoms with Crippen molar-refractivity contribution in [3.63, 3.8) is 0 Å². The van der Waals surface area contributed by atoms with Crippen molar-refractivity contribution in [2.75, 3.05) is 16.3 Å². The number of anilines is 2. The van der Waals surface area contributed by atoms with E-state index in [1.54, 1.807) is 12.1 Å². The van der Waals surface area contributed by atoms with E-state index in [1.165, 1.54) is 19.1 Å². The lowest BCUT2D eigenvalue weighted by atomic mass is 10.1. The van der Waals surface area contributed by atoms with Crippen LogP contribution < -0.4 is 21.3 Å². The van der Waals surface area contributed by atoms with E-state index in [0.29, 0.717) is 17.1 Å². The van der Waals surface area contributed by atoms with Crippen molar-refractivity contribution in [1.82, 2.24) is 9.97 Å². The van der Waals surface area contributed by atoms with Gasteiger partial charge in [-0.05, 0) is 25.1 Å². The number of aryl methyl sites for hydroxylation is 1. The van der Waals surface area contributed by atoms with Crippen LogP contribution in [0.2, 0.25) is 0 Å². The molecule has 0 unspecified atom stereocenters. The molecule has 1 heterocycles. The molecule has 0 aliphatic heterocycles. The summed E-state index contributed by atoms with van der Waals surface area (Å²) in [4.78, 5) is 39.4. The molecule has 0 fully saturated rings. The first-order valence-corrected chi connectivity index (χ1v) is 8.73. The Morgan fingerprint density at radius 2 is 1.83 bits per heavy atom. The fourth-order valence-corrected chi connectivity index (χ4v) is 2.63. The summed E-state index contributed by atoms with van der Waals surface area (Å²) in [6, 6.07) is 6.13. The lowest BCUT2D eigenvalue weighted by Gasteiger charge is -2.09. The van der Waals surface area contributed by atoms with E-state index in [0.717, 1.165) is 6.26 Å². The van der Waals surface area contributed by atoms with Gasteiger partial charge in [-0.15, -0.1) is 0 Å². The third-order valence-corrected chi connectivity index (χ3v) is 3.65. The summed E-state index contributed by atoms with van der Waals surface area (Å²) in [5.41, 5.74) is -0.135. The molecule has 10 heteroatoms. The first kappa shape index (κ1) is 17.5. The topological polar surface area (TPSA) is 141 Å². The maximum Gasteiger partial charge on any atom is 0.325 e. The molecule has 0 atom stereocenters. The number of amides is 1. The van der Waals surface area contributed by atoms with Gasteiger partial charge in [-0.25, -0.2) is 13.2 Å². The smallest absolute Gasteiger partial charge is 0.325 e. The largest absolute Gasteiger partial charge is 0.326 e. The third kappa shape index (κ3) is 4.81. The summed E-state index contributed by atoms with van der Waals surface area (Å²) in [6.45, 7) is 1.52. The van der Waals surface area contributed by atoms with E-state index in [2.05, 4.69) is 20.0 Å². The SMILES string of the molecule is Cc1[nH]c(=O)[nH]c(=O)c1CC(=O)Nc1cccc(NS(C)(=O)=O)c1. The van der Waals surface area contributed by atoms with Crippen molar-refractivity contribution in [2.24, 2.45) is 0 Å². The minimum atomic E-state index is -3.43. The molecule has 0 radical (unpaired) electrons. The normalized spacial score (nSPS) is 11.1. The molecular formula is C14H16N4O5S. The van der Waals surface area contributed by atoms with Crippen molar-refractivity contribution >= 4 is 27.3 Å². The maximum atomic E-state index is 12.1. The highest BCUT2D eigenvalue weighted by atomic mass is 32.2. The van der Waals surface area contributed by atoms with E-state index < -0.39 is 27.2 Å². The zero-order chi connectivity index (χ0) is 17.9. The van der Waals surface area contributed by atoms with Crippen LogP contribution in [-0.2, 0) is 21.2 Å². The molecule has 1 aromatic heterocycles. The summed E-state index contributed by atoms with van der Waals surface area (Å²) in [5, 5.41) is 2.57. The van der Waals surface area contributed by atoms with Gasteiger partial charge in [0.15, 0.2) is 0 Å². The Morgan fingerprint density at radius 1 is 1.17 bits per heavy atom. The minimum absolute atomic E-state index is 0.150. The van der Waals surface area contributed by atoms with Gasteiger partial charge in [0.05, 0.1) is 18.4 Å². The number of rotatable bonds is 5. The van der Waals surface area contributed by atoms with Crippen molar-refractivity contribution in [3.8, 4) is 0 Å². The number of hydrogen-bond donors (Lipinski definition) is 4. The predicted octanol–water partition coefficient (Wildman–Crippen LogP) is -0.0757. The van der Waals surface area contributed by atoms with Crippen molar-refractivity contribution in [3.05, 3.63) is 56.4 Å². The molecule has 1 aromatic carbocycles. The molecule has 2 aromatic rings. The summed E-state index contributed by atoms with van der Waals surface area (Å²) < 4.78 is 24.7. The number of carbonyl (C=O) groups excluding carboxylic acids is 1. The van der Waals surface area contributed by atoms with Gasteiger partial charge in [-0.3, -0.25) is 19.3 Å². The fourth-order valence-electron chi connectivity index (χ4n) is 2.08. The lowest BCUT2D eigenvalue weighted by molar-refractivity contribution is -0.115. The summed E-state index contributed by atoms with van der Waals surface area (Å²) >= 11 is 0. The number of aromatic nitrogens is 2. The van der Waals surface area contributed by atoms with Crippen LogP contribution in [0.15, 0.2) is 33.9 Å². The number of nitrogens with one attached hydrogen (secondary N) is 4. The van der Waals surface area contributed by atoms with Gasteiger partial charge < -0.3 is 10.3 Å². The van der Waals surface area contributed by atoms with E-state index in [1.807, 2.05) is 0 Å². The van der Waals surface area contributed by atoms with Crippen LogP contribution in [-0.4, -0.2) is 30.5 Å². The Labute approximate surface area is 137 Å². The van der Waals surface area contributed by atoms with E-state index in [4.69, 9.17) is 0 Å². The van der Waals surface area contributed by atoms with Crippen LogP contribution >= 0.6 is 0 Å². The zero-order valence-corrected chi connectivity index (χ0v) is 13.8. The number of sulfonamides is 1. The molecule has 4 N–H and O–H groups in total. The second-order valence-corrected chi connectivity index (χ2v) is 6.94. The van der Waals surface area contributed by atoms with Crippen LogP contribution in [0, 0.1) is 6.92 Å². The highest BCUT2D eigenvalue weighted by molar-refractivity contribution is 7.92. The molecule has 0 saturated carbocycles. The Balaban J connectivity index is 2.15. The first-order chi connectivity index (χ1) is 11.1. The Kier molecular flexibility index (Phi) is 4.88. The highest BCUT2D eigenvalue weighted by Crippen LogP contribution is 2.16. The molecule has 0 saturated heterocycles. The van der Waals surface area contributed by atoms with Crippen LogP contribution in [0.1, 0.15) is 11.3 Å². The first-order valence-electron chi connectivity index (χ1n) is 6.84. The Bertz CT molecular complexity index is 991. The van der Waals surface area contributed by atoms with Gasteiger partial charge in [-0.2, -0.15) is 0 Å². The summed E-state index contributed by atoms with van der Waals surface area (Å²) in [7, 11) is -3.43. The average molecular weight is 352 g/mol. The highest BCUT2D eigenvalue weighted by Gasteiger charge is 2.12. The van der Waals surface area contributed by atoms with Gasteiger partial charge in [0.1, 0.15) is 0 Å². The molecule has 0 aliphatic carbocycles. The molecular weight excluding hydrogens is 336 g/mol. The number of H-pyrrole nitrogens is 2. The molecule has 0 aliphatic rings. The maximum absolute atomic E-state index is 12.1. The second-order valence-electron chi connectivity index (χ2n) is 5.19. The van der Waals surface area contributed by atoms with Gasteiger partial charge in [0.2, 0.25) is 15.9 Å². The molecule has 0 spiro atoms. The van der Waals surface area contributed by atoms with Gasteiger partial charge in [0, 0.05) is 16.9 Å². The Hall–Kier alpha value is -2.88. The van der Waals surface area contributed by atoms with E-state index in [-0.39, 0.29) is 12.0 Å². The van der Waals surface area contributed by atoms with Crippen LogP contribution in [0.25, 0.3) is 0 Å². The quantitative estimate of drug-likeness (QED) is 0.596. The van der Waals surface area contributed by atoms with Gasteiger partial charge in [0.25, 0.3) is 5.56 Å². The number of carbonyl (C=O) groups is 1. The molecule has 128 valence electrons. The summed E-state index contributed by atoms with van der Waals surface area (Å²) in [5.74, 6) is -0.479. The zero-order valence-electron chi connectivity index (χ0n) is 13.0. The molecule has 2 rings (SSSR count). The molecule has 9 nitrogen and oxygen atoms in total. The standard InChI is InChI=1S/C14H16N4O5S/c1-8-11(13(20)17-14(21)15-8)7-12(19)16-9-4-3-5-10(6-9)18-24(2,22)23/h3-6,18H,7H2,1-2H3,(H,16,19)(H2,15,17,20,21). The van der Waals surface area contributed by atoms with Gasteiger partial charge in [-0.1, -0.05) is 6.07 Å². The number of benzene rings is 1. The molecule has 0 bridgehead atoms. The second kappa shape index (κ2) is 6.71. The van der Waals surface area contributed by atoms with E-state index in [9.17, 15) is 22.8 Å². The van der Waals surface area contributed by atoms with E-state index >= 15 is 0 Å². The summed E-state index contributed by atoms with van der Waals surface area (Å²) in [6.07, 6.45) is 0.783. The molecule has 24 heavy (non-hydrogen) atoms. The van der Waals surface area contributed by atoms with Crippen molar-refractivity contribution < 1.29 is 13.2 Å². The monoisotopic (exact) mass is 352 g/mol. The number of aromatic amines is 2. The predicted molar refractivity (Wildman–Crippen MR) is 89.7 cm³/mol. The van der Waals surface area contributed by atoms with Crippen LogP contribution in [0.5, 0.6) is 0 Å². The van der Waals surface area contributed by atoms with Crippen LogP contribution in [0.3, 0.4) is 0 Å². The fraction of sp³-hybridized carbons (Fsp3) is 0.214. The lowest BCUT2D eigenvalue weighted by Crippen LogP contribution is -2.29. The molecule has 1 amide bonds. The number of hydrogen-bond acceptors (Lipinski definition) is 5. The van der Waals surface area contributed by atoms with Crippen LogP contribution in [0.4, 0.5) is 11.4 Å². The van der Waals surface area contributed by atoms with Crippen molar-refractivity contribution in [2.45, 2.75) is 13.3 Å².